The Morgan fingerprint density at radius 3 is 2.15 bits per heavy atom. The Kier molecular flexibility index (Phi) is 9.21. The smallest absolute Gasteiger partial charge is 0.144 e. The minimum absolute atomic E-state index is 0.396. The van der Waals surface area contributed by atoms with E-state index in [1.165, 1.54) is 5.56 Å². The number of aromatic hydroxyl groups is 1. The first-order chi connectivity index (χ1) is 13.2. The van der Waals surface area contributed by atoms with Crippen LogP contribution in [0.3, 0.4) is 0 Å². The van der Waals surface area contributed by atoms with Gasteiger partial charge in [-0.1, -0.05) is 77.6 Å². The third-order valence-electron chi connectivity index (χ3n) is 4.25. The molecule has 1 N–H and O–H groups in total. The molecule has 0 saturated heterocycles. The Bertz CT molecular complexity index is 845. The quantitative estimate of drug-likeness (QED) is 0.514. The molecule has 3 aromatic rings. The summed E-state index contributed by atoms with van der Waals surface area (Å²) in [5, 5.41) is 11.4. The minimum Gasteiger partial charge on any atom is -0.505 e. The summed E-state index contributed by atoms with van der Waals surface area (Å²) < 4.78 is 7.34. The van der Waals surface area contributed by atoms with Crippen molar-refractivity contribution in [3.8, 4) is 5.75 Å². The average Bonchev–Trinajstić information content (AvgIpc) is 3.02. The number of ether oxygens (including phenoxy) is 1. The number of rotatable bonds is 5. The van der Waals surface area contributed by atoms with Crippen LogP contribution < -0.4 is 0 Å². The molecule has 0 fully saturated rings. The van der Waals surface area contributed by atoms with E-state index < -0.39 is 0 Å². The van der Waals surface area contributed by atoms with Crippen LogP contribution in [0.25, 0.3) is 16.7 Å². The van der Waals surface area contributed by atoms with Gasteiger partial charge in [-0.05, 0) is 24.1 Å². The van der Waals surface area contributed by atoms with E-state index >= 15 is 0 Å². The summed E-state index contributed by atoms with van der Waals surface area (Å²) in [6, 6.07) is 16.1. The van der Waals surface area contributed by atoms with E-state index in [1.807, 2.05) is 58.0 Å². The van der Waals surface area contributed by atoms with Gasteiger partial charge in [0.25, 0.3) is 0 Å². The molecule has 0 aliphatic rings. The lowest BCUT2D eigenvalue weighted by molar-refractivity contribution is 0.371. The lowest BCUT2D eigenvalue weighted by atomic mass is 10.1. The van der Waals surface area contributed by atoms with Gasteiger partial charge in [0.05, 0.1) is 18.3 Å². The van der Waals surface area contributed by atoms with E-state index in [0.29, 0.717) is 11.5 Å². The average molecular weight is 368 g/mol. The molecule has 1 heterocycles. The molecule has 1 aromatic heterocycles. The second-order valence-corrected chi connectivity index (χ2v) is 5.58. The first kappa shape index (κ1) is 22.4. The van der Waals surface area contributed by atoms with Gasteiger partial charge < -0.3 is 14.4 Å². The van der Waals surface area contributed by atoms with E-state index in [-0.39, 0.29) is 0 Å². The van der Waals surface area contributed by atoms with Gasteiger partial charge in [0.15, 0.2) is 0 Å². The van der Waals surface area contributed by atoms with Crippen molar-refractivity contribution in [2.24, 2.45) is 0 Å². The molecule has 0 aliphatic carbocycles. The van der Waals surface area contributed by atoms with Crippen LogP contribution in [0.5, 0.6) is 5.75 Å². The molecule has 3 heteroatoms. The standard InChI is InChI=1S/C20H21NO2.2C2H6/c1-4-18-20(22)17-7-5-6-8-19(17)21(18)13-15-9-11-16(12-10-15)14(2)23-3;2*1-2/h5-12,22H,2,4,13H2,1,3H3;2*1-2H3. The van der Waals surface area contributed by atoms with Crippen LogP contribution >= 0.6 is 0 Å². The molecule has 0 atom stereocenters. The fourth-order valence-electron chi connectivity index (χ4n) is 2.97. The van der Waals surface area contributed by atoms with Gasteiger partial charge in [-0.15, -0.1) is 0 Å². The zero-order valence-electron chi connectivity index (χ0n) is 17.5. The second kappa shape index (κ2) is 11.1. The highest BCUT2D eigenvalue weighted by Gasteiger charge is 2.14. The number of benzene rings is 2. The molecular weight excluding hydrogens is 334 g/mol. The van der Waals surface area contributed by atoms with Crippen molar-refractivity contribution >= 4 is 16.7 Å². The molecule has 0 unspecified atom stereocenters. The normalized spacial score (nSPS) is 9.70. The van der Waals surface area contributed by atoms with Crippen LogP contribution in [-0.2, 0) is 17.7 Å². The Labute approximate surface area is 163 Å². The number of para-hydroxylation sites is 1. The van der Waals surface area contributed by atoms with Crippen LogP contribution in [0.4, 0.5) is 0 Å². The van der Waals surface area contributed by atoms with Crippen molar-refractivity contribution in [3.05, 3.63) is 71.9 Å². The van der Waals surface area contributed by atoms with Crippen molar-refractivity contribution in [1.29, 1.82) is 0 Å². The van der Waals surface area contributed by atoms with Crippen LogP contribution in [0, 0.1) is 0 Å². The highest BCUT2D eigenvalue weighted by molar-refractivity contribution is 5.88. The fraction of sp³-hybridized carbons (Fsp3) is 0.333. The summed E-state index contributed by atoms with van der Waals surface area (Å²) in [7, 11) is 1.62. The molecule has 3 rings (SSSR count). The molecular formula is C24H33NO2. The number of aromatic nitrogens is 1. The molecule has 0 aliphatic heterocycles. The minimum atomic E-state index is 0.396. The van der Waals surface area contributed by atoms with E-state index in [9.17, 15) is 5.11 Å². The summed E-state index contributed by atoms with van der Waals surface area (Å²) in [6.45, 7) is 14.7. The van der Waals surface area contributed by atoms with Crippen molar-refractivity contribution in [2.45, 2.75) is 47.6 Å². The molecule has 27 heavy (non-hydrogen) atoms. The third-order valence-corrected chi connectivity index (χ3v) is 4.25. The highest BCUT2D eigenvalue weighted by atomic mass is 16.5. The maximum absolute atomic E-state index is 10.4. The van der Waals surface area contributed by atoms with E-state index in [4.69, 9.17) is 4.74 Å². The van der Waals surface area contributed by atoms with Crippen molar-refractivity contribution in [2.75, 3.05) is 7.11 Å². The largest absolute Gasteiger partial charge is 0.505 e. The number of hydrogen-bond donors (Lipinski definition) is 1. The number of fused-ring (bicyclic) bond motifs is 1. The first-order valence-corrected chi connectivity index (χ1v) is 9.77. The summed E-state index contributed by atoms with van der Waals surface area (Å²) in [5.74, 6) is 1.06. The van der Waals surface area contributed by atoms with Crippen LogP contribution in [0.2, 0.25) is 0 Å². The van der Waals surface area contributed by atoms with Gasteiger partial charge in [-0.2, -0.15) is 0 Å². The van der Waals surface area contributed by atoms with Crippen LogP contribution in [0.15, 0.2) is 55.1 Å². The number of hydrogen-bond acceptors (Lipinski definition) is 2. The van der Waals surface area contributed by atoms with Gasteiger partial charge in [0, 0.05) is 17.5 Å². The Morgan fingerprint density at radius 1 is 1.00 bits per heavy atom. The fourth-order valence-corrected chi connectivity index (χ4v) is 2.97. The van der Waals surface area contributed by atoms with Gasteiger partial charge in [0.1, 0.15) is 11.5 Å². The Hall–Kier alpha value is -2.68. The van der Waals surface area contributed by atoms with Crippen molar-refractivity contribution < 1.29 is 9.84 Å². The Balaban J connectivity index is 0.000000855. The molecule has 0 radical (unpaired) electrons. The van der Waals surface area contributed by atoms with E-state index in [2.05, 4.69) is 36.3 Å². The molecule has 146 valence electrons. The predicted octanol–water partition coefficient (Wildman–Crippen LogP) is 6.63. The number of methoxy groups -OCH3 is 1. The number of nitrogens with zero attached hydrogens (tertiary/aromatic N) is 1. The lowest BCUT2D eigenvalue weighted by Gasteiger charge is -2.11. The summed E-state index contributed by atoms with van der Waals surface area (Å²) in [4.78, 5) is 0. The maximum atomic E-state index is 10.4. The molecule has 3 nitrogen and oxygen atoms in total. The van der Waals surface area contributed by atoms with Crippen LogP contribution in [0.1, 0.15) is 51.4 Å². The van der Waals surface area contributed by atoms with E-state index in [1.54, 1.807) is 7.11 Å². The topological polar surface area (TPSA) is 34.4 Å². The highest BCUT2D eigenvalue weighted by Crippen LogP contribution is 2.33. The summed E-state index contributed by atoms with van der Waals surface area (Å²) >= 11 is 0. The SMILES string of the molecule is C=C(OC)c1ccc(Cn2c(CC)c(O)c3ccccc32)cc1.CC.CC. The summed E-state index contributed by atoms with van der Waals surface area (Å²) in [6.07, 6.45) is 0.791. The van der Waals surface area contributed by atoms with Gasteiger partial charge in [-0.25, -0.2) is 0 Å². The second-order valence-electron chi connectivity index (χ2n) is 5.58. The first-order valence-electron chi connectivity index (χ1n) is 9.77. The van der Waals surface area contributed by atoms with Gasteiger partial charge in [-0.3, -0.25) is 0 Å². The molecule has 0 saturated carbocycles. The van der Waals surface area contributed by atoms with E-state index in [0.717, 1.165) is 35.1 Å². The maximum Gasteiger partial charge on any atom is 0.144 e. The monoisotopic (exact) mass is 367 g/mol. The molecule has 2 aromatic carbocycles. The van der Waals surface area contributed by atoms with Crippen molar-refractivity contribution in [1.82, 2.24) is 4.57 Å². The van der Waals surface area contributed by atoms with Gasteiger partial charge >= 0.3 is 0 Å². The zero-order valence-corrected chi connectivity index (χ0v) is 17.5. The molecule has 0 amide bonds. The molecule has 0 spiro atoms. The van der Waals surface area contributed by atoms with Crippen molar-refractivity contribution in [3.63, 3.8) is 0 Å². The predicted molar refractivity (Wildman–Crippen MR) is 117 cm³/mol. The Morgan fingerprint density at radius 2 is 1.59 bits per heavy atom. The third kappa shape index (κ3) is 4.94. The zero-order chi connectivity index (χ0) is 20.4. The van der Waals surface area contributed by atoms with Crippen LogP contribution in [-0.4, -0.2) is 16.8 Å². The lowest BCUT2D eigenvalue weighted by Crippen LogP contribution is -2.03. The summed E-state index contributed by atoms with van der Waals surface area (Å²) in [5.41, 5.74) is 4.18. The molecule has 0 bridgehead atoms. The van der Waals surface area contributed by atoms with Gasteiger partial charge in [0.2, 0.25) is 0 Å².